The molecule has 2 fully saturated rings. The maximum absolute atomic E-state index is 13.5. The Hall–Kier alpha value is -1.77. The Morgan fingerprint density at radius 2 is 1.81 bits per heavy atom. The molecule has 178 valence electrons. The molecule has 3 rings (SSSR count). The predicted molar refractivity (Wildman–Crippen MR) is 116 cm³/mol. The first-order valence-electron chi connectivity index (χ1n) is 10.9. The molecule has 2 amide bonds. The van der Waals surface area contributed by atoms with Crippen LogP contribution in [0.3, 0.4) is 0 Å². The smallest absolute Gasteiger partial charge is 0.248 e. The van der Waals surface area contributed by atoms with Crippen LogP contribution in [0.5, 0.6) is 0 Å². The SMILES string of the molecule is CC(C)C(NC(=O)C1CCC(F)(F)C1)C(=O)N1CCC(O)(c2ccc(Cl)cc2)C(C)(O)C1. The second-order valence-electron chi connectivity index (χ2n) is 9.68. The fourth-order valence-corrected chi connectivity index (χ4v) is 4.80. The number of benzene rings is 1. The van der Waals surface area contributed by atoms with Gasteiger partial charge in [-0.15, -0.1) is 0 Å². The van der Waals surface area contributed by atoms with E-state index in [0.29, 0.717) is 10.6 Å². The lowest BCUT2D eigenvalue weighted by molar-refractivity contribution is -0.192. The molecule has 1 aromatic carbocycles. The number of carbonyl (C=O) groups is 2. The van der Waals surface area contributed by atoms with Crippen LogP contribution in [0.2, 0.25) is 5.02 Å². The van der Waals surface area contributed by atoms with Crippen LogP contribution in [0.1, 0.15) is 52.0 Å². The summed E-state index contributed by atoms with van der Waals surface area (Å²) in [6.45, 7) is 5.00. The van der Waals surface area contributed by atoms with Crippen molar-refractivity contribution in [2.24, 2.45) is 11.8 Å². The Morgan fingerprint density at radius 1 is 1.19 bits per heavy atom. The van der Waals surface area contributed by atoms with Gasteiger partial charge in [0, 0.05) is 36.7 Å². The molecule has 0 aromatic heterocycles. The minimum Gasteiger partial charge on any atom is -0.385 e. The molecule has 2 aliphatic rings. The van der Waals surface area contributed by atoms with Gasteiger partial charge in [0.1, 0.15) is 17.2 Å². The molecule has 1 aromatic rings. The van der Waals surface area contributed by atoms with Crippen LogP contribution in [0.4, 0.5) is 8.78 Å². The third kappa shape index (κ3) is 4.92. The molecular weight excluding hydrogens is 442 g/mol. The van der Waals surface area contributed by atoms with Crippen molar-refractivity contribution in [1.29, 1.82) is 0 Å². The molecule has 0 spiro atoms. The van der Waals surface area contributed by atoms with Gasteiger partial charge in [0.25, 0.3) is 0 Å². The number of hydrogen-bond acceptors (Lipinski definition) is 4. The molecule has 32 heavy (non-hydrogen) atoms. The second-order valence-corrected chi connectivity index (χ2v) is 10.1. The highest BCUT2D eigenvalue weighted by Gasteiger charge is 2.52. The van der Waals surface area contributed by atoms with Gasteiger partial charge in [-0.3, -0.25) is 9.59 Å². The van der Waals surface area contributed by atoms with E-state index in [1.54, 1.807) is 38.1 Å². The number of nitrogens with zero attached hydrogens (tertiary/aromatic N) is 1. The summed E-state index contributed by atoms with van der Waals surface area (Å²) in [5.41, 5.74) is -2.75. The van der Waals surface area contributed by atoms with E-state index in [0.717, 1.165) is 0 Å². The quantitative estimate of drug-likeness (QED) is 0.614. The zero-order valence-corrected chi connectivity index (χ0v) is 19.3. The van der Waals surface area contributed by atoms with Crippen LogP contribution in [-0.4, -0.2) is 57.6 Å². The van der Waals surface area contributed by atoms with Crippen molar-refractivity contribution in [1.82, 2.24) is 10.2 Å². The van der Waals surface area contributed by atoms with Crippen molar-refractivity contribution in [3.05, 3.63) is 34.9 Å². The molecule has 9 heteroatoms. The van der Waals surface area contributed by atoms with Crippen LogP contribution >= 0.6 is 11.6 Å². The number of aliphatic hydroxyl groups is 2. The molecule has 0 radical (unpaired) electrons. The monoisotopic (exact) mass is 472 g/mol. The normalized spacial score (nSPS) is 30.9. The summed E-state index contributed by atoms with van der Waals surface area (Å²) in [5.74, 6) is -4.90. The van der Waals surface area contributed by atoms with E-state index < -0.39 is 47.3 Å². The number of nitrogens with one attached hydrogen (secondary N) is 1. The summed E-state index contributed by atoms with van der Waals surface area (Å²) in [7, 11) is 0. The van der Waals surface area contributed by atoms with E-state index >= 15 is 0 Å². The standard InChI is InChI=1S/C23H31ClF2N2O4/c1-14(2)18(27-19(29)15-8-9-22(25,26)12-15)20(30)28-11-10-23(32,21(3,31)13-28)16-4-6-17(24)7-5-16/h4-7,14-15,18,31-32H,8-13H2,1-3H3,(H,27,29). The van der Waals surface area contributed by atoms with E-state index in [2.05, 4.69) is 5.32 Å². The van der Waals surface area contributed by atoms with Crippen molar-refractivity contribution >= 4 is 23.4 Å². The molecule has 1 aliphatic carbocycles. The van der Waals surface area contributed by atoms with Crippen LogP contribution in [-0.2, 0) is 15.2 Å². The van der Waals surface area contributed by atoms with Crippen LogP contribution in [0, 0.1) is 11.8 Å². The second kappa shape index (κ2) is 8.88. The molecular formula is C23H31ClF2N2O4. The zero-order chi connectivity index (χ0) is 23.9. The van der Waals surface area contributed by atoms with Crippen molar-refractivity contribution in [3.8, 4) is 0 Å². The number of carbonyl (C=O) groups excluding carboxylic acids is 2. The first kappa shape index (κ1) is 24.9. The molecule has 0 bridgehead atoms. The van der Waals surface area contributed by atoms with E-state index in [1.807, 2.05) is 0 Å². The minimum absolute atomic E-state index is 0.0843. The Balaban J connectivity index is 1.72. The lowest BCUT2D eigenvalue weighted by Gasteiger charge is -2.49. The Kier molecular flexibility index (Phi) is 6.90. The Morgan fingerprint density at radius 3 is 2.31 bits per heavy atom. The summed E-state index contributed by atoms with van der Waals surface area (Å²) < 4.78 is 27.0. The van der Waals surface area contributed by atoms with E-state index in [9.17, 15) is 28.6 Å². The molecule has 1 aliphatic heterocycles. The molecule has 1 saturated heterocycles. The number of likely N-dealkylation sites (tertiary alicyclic amines) is 1. The van der Waals surface area contributed by atoms with Crippen molar-refractivity contribution in [2.45, 2.75) is 69.6 Å². The van der Waals surface area contributed by atoms with Crippen LogP contribution < -0.4 is 5.32 Å². The number of rotatable bonds is 5. The highest BCUT2D eigenvalue weighted by molar-refractivity contribution is 6.30. The van der Waals surface area contributed by atoms with Gasteiger partial charge in [-0.2, -0.15) is 0 Å². The fourth-order valence-electron chi connectivity index (χ4n) is 4.67. The Labute approximate surface area is 191 Å². The van der Waals surface area contributed by atoms with Gasteiger partial charge >= 0.3 is 0 Å². The van der Waals surface area contributed by atoms with Gasteiger partial charge in [-0.25, -0.2) is 8.78 Å². The molecule has 3 N–H and O–H groups in total. The maximum atomic E-state index is 13.5. The van der Waals surface area contributed by atoms with Gasteiger partial charge in [-0.05, 0) is 37.0 Å². The molecule has 6 nitrogen and oxygen atoms in total. The van der Waals surface area contributed by atoms with E-state index in [-0.39, 0.29) is 38.3 Å². The summed E-state index contributed by atoms with van der Waals surface area (Å²) in [6.07, 6.45) is -0.667. The van der Waals surface area contributed by atoms with E-state index in [4.69, 9.17) is 11.6 Å². The summed E-state index contributed by atoms with van der Waals surface area (Å²) in [5, 5.41) is 25.6. The average Bonchev–Trinajstić information content (AvgIpc) is 3.07. The Bertz CT molecular complexity index is 862. The number of halogens is 3. The first-order valence-corrected chi connectivity index (χ1v) is 11.3. The minimum atomic E-state index is -2.85. The number of hydrogen-bond donors (Lipinski definition) is 3. The van der Waals surface area contributed by atoms with Crippen molar-refractivity contribution in [3.63, 3.8) is 0 Å². The number of piperidine rings is 1. The lowest BCUT2D eigenvalue weighted by atomic mass is 9.73. The largest absolute Gasteiger partial charge is 0.385 e. The van der Waals surface area contributed by atoms with E-state index in [1.165, 1.54) is 11.8 Å². The molecule has 4 unspecified atom stereocenters. The zero-order valence-electron chi connectivity index (χ0n) is 18.6. The summed E-state index contributed by atoms with van der Waals surface area (Å²) in [6, 6.07) is 5.62. The third-order valence-electron chi connectivity index (χ3n) is 6.77. The number of amides is 2. The van der Waals surface area contributed by atoms with Crippen LogP contribution in [0.15, 0.2) is 24.3 Å². The third-order valence-corrected chi connectivity index (χ3v) is 7.02. The highest BCUT2D eigenvalue weighted by Crippen LogP contribution is 2.41. The molecule has 1 heterocycles. The first-order chi connectivity index (χ1) is 14.8. The topological polar surface area (TPSA) is 89.9 Å². The van der Waals surface area contributed by atoms with Crippen molar-refractivity contribution in [2.75, 3.05) is 13.1 Å². The lowest BCUT2D eigenvalue weighted by Crippen LogP contribution is -2.64. The molecule has 4 atom stereocenters. The van der Waals surface area contributed by atoms with Crippen LogP contribution in [0.25, 0.3) is 0 Å². The maximum Gasteiger partial charge on any atom is 0.248 e. The average molecular weight is 473 g/mol. The summed E-state index contributed by atoms with van der Waals surface area (Å²) in [4.78, 5) is 27.2. The van der Waals surface area contributed by atoms with Gasteiger partial charge in [0.2, 0.25) is 17.7 Å². The fraction of sp³-hybridized carbons (Fsp3) is 0.652. The predicted octanol–water partition coefficient (Wildman–Crippen LogP) is 3.09. The molecule has 1 saturated carbocycles. The number of β-amino-alcohol motifs (C(OH)–C–C–N with tert-alkyl or cyclic N) is 1. The van der Waals surface area contributed by atoms with Gasteiger partial charge in [0.05, 0.1) is 6.54 Å². The highest BCUT2D eigenvalue weighted by atomic mass is 35.5. The van der Waals surface area contributed by atoms with Gasteiger partial charge < -0.3 is 20.4 Å². The van der Waals surface area contributed by atoms with Gasteiger partial charge in [0.15, 0.2) is 0 Å². The summed E-state index contributed by atoms with van der Waals surface area (Å²) >= 11 is 5.93. The number of alkyl halides is 2. The van der Waals surface area contributed by atoms with Crippen molar-refractivity contribution < 1.29 is 28.6 Å². The van der Waals surface area contributed by atoms with Gasteiger partial charge in [-0.1, -0.05) is 37.6 Å².